The van der Waals surface area contributed by atoms with E-state index in [1.54, 1.807) is 30.5 Å². The van der Waals surface area contributed by atoms with Crippen LogP contribution in [-0.4, -0.2) is 17.5 Å². The lowest BCUT2D eigenvalue weighted by Crippen LogP contribution is -2.20. The van der Waals surface area contributed by atoms with Gasteiger partial charge in [0.25, 0.3) is 5.91 Å². The molecule has 0 bridgehead atoms. The molecule has 5 heteroatoms. The lowest BCUT2D eigenvalue weighted by Gasteiger charge is -2.08. The van der Waals surface area contributed by atoms with Crippen molar-refractivity contribution in [1.82, 2.24) is 4.98 Å². The number of amides is 1. The molecule has 132 valence electrons. The van der Waals surface area contributed by atoms with Crippen molar-refractivity contribution in [2.24, 2.45) is 0 Å². The van der Waals surface area contributed by atoms with E-state index in [1.165, 1.54) is 0 Å². The van der Waals surface area contributed by atoms with E-state index in [0.29, 0.717) is 17.0 Å². The Bertz CT molecular complexity index is 974. The van der Waals surface area contributed by atoms with Crippen molar-refractivity contribution >= 4 is 23.7 Å². The first-order valence-electron chi connectivity index (χ1n) is 8.35. The van der Waals surface area contributed by atoms with Gasteiger partial charge in [0.1, 0.15) is 5.75 Å². The number of hydrogen-bond acceptors (Lipinski definition) is 4. The van der Waals surface area contributed by atoms with E-state index in [2.05, 4.69) is 10.3 Å². The third-order valence-electron chi connectivity index (χ3n) is 3.66. The fourth-order valence-corrected chi connectivity index (χ4v) is 2.35. The minimum atomic E-state index is -0.259. The van der Waals surface area contributed by atoms with Gasteiger partial charge >= 0.3 is 0 Å². The number of benzene rings is 2. The first kappa shape index (κ1) is 17.9. The van der Waals surface area contributed by atoms with Crippen molar-refractivity contribution in [3.8, 4) is 11.8 Å². The molecule has 0 spiro atoms. The van der Waals surface area contributed by atoms with Crippen molar-refractivity contribution in [2.45, 2.75) is 0 Å². The van der Waals surface area contributed by atoms with Gasteiger partial charge in [0.15, 0.2) is 6.61 Å². The van der Waals surface area contributed by atoms with E-state index in [4.69, 9.17) is 10.00 Å². The second kappa shape index (κ2) is 8.97. The van der Waals surface area contributed by atoms with Crippen LogP contribution in [-0.2, 0) is 4.79 Å². The normalized spacial score (nSPS) is 10.3. The topological polar surface area (TPSA) is 75.0 Å². The number of rotatable bonds is 6. The van der Waals surface area contributed by atoms with E-state index < -0.39 is 0 Å². The zero-order valence-corrected chi connectivity index (χ0v) is 14.5. The number of nitrogens with zero attached hydrogens (tertiary/aromatic N) is 2. The number of aromatic nitrogens is 1. The zero-order chi connectivity index (χ0) is 18.9. The Morgan fingerprint density at radius 2 is 1.93 bits per heavy atom. The number of hydrogen-bond donors (Lipinski definition) is 1. The summed E-state index contributed by atoms with van der Waals surface area (Å²) in [6.45, 7) is -0.111. The van der Waals surface area contributed by atoms with Gasteiger partial charge in [-0.2, -0.15) is 5.26 Å². The molecule has 1 aromatic heterocycles. The molecule has 0 radical (unpaired) electrons. The molecule has 1 N–H and O–H groups in total. The van der Waals surface area contributed by atoms with E-state index in [-0.39, 0.29) is 12.5 Å². The Morgan fingerprint density at radius 1 is 1.07 bits per heavy atom. The smallest absolute Gasteiger partial charge is 0.262 e. The Morgan fingerprint density at radius 3 is 2.67 bits per heavy atom. The summed E-state index contributed by atoms with van der Waals surface area (Å²) >= 11 is 0. The second-order valence-electron chi connectivity index (χ2n) is 5.69. The highest BCUT2D eigenvalue weighted by atomic mass is 16.5. The summed E-state index contributed by atoms with van der Waals surface area (Å²) in [5.41, 5.74) is 3.04. The van der Waals surface area contributed by atoms with Crippen LogP contribution in [0.15, 0.2) is 72.9 Å². The van der Waals surface area contributed by atoms with Crippen LogP contribution >= 0.6 is 0 Å². The van der Waals surface area contributed by atoms with E-state index >= 15 is 0 Å². The minimum Gasteiger partial charge on any atom is -0.484 e. The van der Waals surface area contributed by atoms with Gasteiger partial charge in [0.2, 0.25) is 0 Å². The molecule has 0 aliphatic carbocycles. The van der Waals surface area contributed by atoms with Crippen LogP contribution in [0.5, 0.6) is 5.75 Å². The van der Waals surface area contributed by atoms with Crippen molar-refractivity contribution in [3.63, 3.8) is 0 Å². The molecule has 0 aliphatic rings. The first-order valence-corrected chi connectivity index (χ1v) is 8.35. The van der Waals surface area contributed by atoms with Gasteiger partial charge in [-0.3, -0.25) is 9.78 Å². The van der Waals surface area contributed by atoms with Crippen molar-refractivity contribution in [2.75, 3.05) is 11.9 Å². The summed E-state index contributed by atoms with van der Waals surface area (Å²) in [5, 5.41) is 11.6. The monoisotopic (exact) mass is 355 g/mol. The number of nitrogens with one attached hydrogen (secondary N) is 1. The highest BCUT2D eigenvalue weighted by molar-refractivity contribution is 5.92. The number of anilines is 1. The molecule has 3 aromatic rings. The summed E-state index contributed by atoms with van der Waals surface area (Å²) in [5.74, 6) is 0.279. The predicted octanol–water partition coefficient (Wildman–Crippen LogP) is 4.14. The molecule has 2 aromatic carbocycles. The zero-order valence-electron chi connectivity index (χ0n) is 14.5. The van der Waals surface area contributed by atoms with Gasteiger partial charge in [-0.05, 0) is 60.2 Å². The van der Waals surface area contributed by atoms with E-state index in [1.807, 2.05) is 60.7 Å². The maximum Gasteiger partial charge on any atom is 0.262 e. The molecule has 0 atom stereocenters. The summed E-state index contributed by atoms with van der Waals surface area (Å²) < 4.78 is 5.43. The Labute approximate surface area is 157 Å². The van der Waals surface area contributed by atoms with Crippen LogP contribution in [0.2, 0.25) is 0 Å². The van der Waals surface area contributed by atoms with E-state index in [9.17, 15) is 4.79 Å². The van der Waals surface area contributed by atoms with Crippen LogP contribution in [0, 0.1) is 11.3 Å². The highest BCUT2D eigenvalue weighted by Crippen LogP contribution is 2.14. The fourth-order valence-electron chi connectivity index (χ4n) is 2.35. The Hall–Kier alpha value is -3.91. The molecule has 0 aliphatic heterocycles. The summed E-state index contributed by atoms with van der Waals surface area (Å²) in [4.78, 5) is 16.3. The number of ether oxygens (including phenoxy) is 1. The van der Waals surface area contributed by atoms with Gasteiger partial charge in [0, 0.05) is 11.9 Å². The van der Waals surface area contributed by atoms with Gasteiger partial charge in [-0.1, -0.05) is 24.3 Å². The Kier molecular flexibility index (Phi) is 5.95. The van der Waals surface area contributed by atoms with Crippen LogP contribution in [0.3, 0.4) is 0 Å². The standard InChI is InChI=1S/C22H17N3O2/c23-15-18-8-11-21(12-9-18)27-16-22(26)25-20-6-3-4-17(14-20)7-10-19-5-1-2-13-24-19/h1-14H,16H2,(H,25,26)/b10-7+. The molecule has 1 heterocycles. The van der Waals surface area contributed by atoms with Gasteiger partial charge in [-0.25, -0.2) is 0 Å². The maximum absolute atomic E-state index is 12.1. The molecule has 0 saturated carbocycles. The van der Waals surface area contributed by atoms with Crippen LogP contribution < -0.4 is 10.1 Å². The van der Waals surface area contributed by atoms with E-state index in [0.717, 1.165) is 11.3 Å². The molecule has 3 rings (SSSR count). The average molecular weight is 355 g/mol. The highest BCUT2D eigenvalue weighted by Gasteiger charge is 2.04. The molecule has 0 saturated heterocycles. The third kappa shape index (κ3) is 5.55. The quantitative estimate of drug-likeness (QED) is 0.721. The van der Waals surface area contributed by atoms with Crippen LogP contribution in [0.25, 0.3) is 12.2 Å². The lowest BCUT2D eigenvalue weighted by molar-refractivity contribution is -0.118. The Balaban J connectivity index is 1.56. The number of carbonyl (C=O) groups is 1. The molecular formula is C22H17N3O2. The third-order valence-corrected chi connectivity index (χ3v) is 3.66. The molecular weight excluding hydrogens is 338 g/mol. The van der Waals surface area contributed by atoms with Gasteiger partial charge in [-0.15, -0.1) is 0 Å². The summed E-state index contributed by atoms with van der Waals surface area (Å²) in [6.07, 6.45) is 5.59. The first-order chi connectivity index (χ1) is 13.2. The summed E-state index contributed by atoms with van der Waals surface area (Å²) in [7, 11) is 0. The van der Waals surface area contributed by atoms with Crippen molar-refractivity contribution in [1.29, 1.82) is 5.26 Å². The molecule has 27 heavy (non-hydrogen) atoms. The van der Waals surface area contributed by atoms with Crippen LogP contribution in [0.1, 0.15) is 16.8 Å². The SMILES string of the molecule is N#Cc1ccc(OCC(=O)Nc2cccc(/C=C/c3ccccn3)c2)cc1. The molecule has 0 fully saturated rings. The van der Waals surface area contributed by atoms with Gasteiger partial charge in [0.05, 0.1) is 17.3 Å². The maximum atomic E-state index is 12.1. The predicted molar refractivity (Wildman–Crippen MR) is 105 cm³/mol. The number of nitriles is 1. The largest absolute Gasteiger partial charge is 0.484 e. The van der Waals surface area contributed by atoms with Crippen molar-refractivity contribution in [3.05, 3.63) is 89.7 Å². The molecule has 0 unspecified atom stereocenters. The second-order valence-corrected chi connectivity index (χ2v) is 5.69. The summed E-state index contributed by atoms with van der Waals surface area (Å²) in [6, 6.07) is 21.9. The number of pyridine rings is 1. The van der Waals surface area contributed by atoms with Crippen molar-refractivity contribution < 1.29 is 9.53 Å². The average Bonchev–Trinajstić information content (AvgIpc) is 2.72. The van der Waals surface area contributed by atoms with Gasteiger partial charge < -0.3 is 10.1 Å². The lowest BCUT2D eigenvalue weighted by atomic mass is 10.1. The van der Waals surface area contributed by atoms with Crippen LogP contribution in [0.4, 0.5) is 5.69 Å². The fraction of sp³-hybridized carbons (Fsp3) is 0.0455. The molecule has 5 nitrogen and oxygen atoms in total. The minimum absolute atomic E-state index is 0.111. The molecule has 1 amide bonds. The number of carbonyl (C=O) groups excluding carboxylic acids is 1.